The molecule has 0 spiro atoms. The maximum Gasteiger partial charge on any atom is 0.126 e. The number of benzene rings is 1. The fourth-order valence-corrected chi connectivity index (χ4v) is 1.11. The van der Waals surface area contributed by atoms with Gasteiger partial charge in [0.15, 0.2) is 0 Å². The van der Waals surface area contributed by atoms with Crippen molar-refractivity contribution in [3.63, 3.8) is 0 Å². The van der Waals surface area contributed by atoms with E-state index in [1.807, 2.05) is 6.07 Å². The smallest absolute Gasteiger partial charge is 0.126 e. The molecule has 2 heteroatoms. The van der Waals surface area contributed by atoms with Crippen molar-refractivity contribution < 1.29 is 9.13 Å². The molecule has 1 fully saturated rings. The van der Waals surface area contributed by atoms with Crippen molar-refractivity contribution in [2.24, 2.45) is 0 Å². The van der Waals surface area contributed by atoms with E-state index in [2.05, 4.69) is 0 Å². The number of aryl methyl sites for hydroxylation is 1. The van der Waals surface area contributed by atoms with Crippen LogP contribution in [0, 0.1) is 12.7 Å². The second kappa shape index (κ2) is 2.31. The first-order chi connectivity index (χ1) is 5.27. The van der Waals surface area contributed by atoms with Gasteiger partial charge in [0.2, 0.25) is 0 Å². The summed E-state index contributed by atoms with van der Waals surface area (Å²) in [6.45, 7) is 2.55. The van der Waals surface area contributed by atoms with Crippen molar-refractivity contribution in [1.82, 2.24) is 0 Å². The van der Waals surface area contributed by atoms with E-state index in [9.17, 15) is 4.39 Å². The first-order valence-electron chi connectivity index (χ1n) is 3.65. The highest BCUT2D eigenvalue weighted by atomic mass is 19.1. The molecule has 0 aliphatic carbocycles. The second-order valence-corrected chi connectivity index (χ2v) is 2.83. The fourth-order valence-electron chi connectivity index (χ4n) is 1.11. The van der Waals surface area contributed by atoms with Gasteiger partial charge in [-0.2, -0.15) is 0 Å². The van der Waals surface area contributed by atoms with Crippen LogP contribution in [0.2, 0.25) is 0 Å². The third-order valence-corrected chi connectivity index (χ3v) is 1.89. The van der Waals surface area contributed by atoms with Crippen molar-refractivity contribution >= 4 is 0 Å². The van der Waals surface area contributed by atoms with E-state index in [1.54, 1.807) is 13.0 Å². The van der Waals surface area contributed by atoms with Crippen LogP contribution in [0.1, 0.15) is 17.2 Å². The van der Waals surface area contributed by atoms with Crippen LogP contribution in [-0.4, -0.2) is 6.61 Å². The number of hydrogen-bond acceptors (Lipinski definition) is 1. The molecular weight excluding hydrogens is 143 g/mol. The summed E-state index contributed by atoms with van der Waals surface area (Å²) in [7, 11) is 0. The van der Waals surface area contributed by atoms with Gasteiger partial charge in [0, 0.05) is 0 Å². The van der Waals surface area contributed by atoms with Crippen molar-refractivity contribution in [1.29, 1.82) is 0 Å². The quantitative estimate of drug-likeness (QED) is 0.562. The predicted molar refractivity (Wildman–Crippen MR) is 39.8 cm³/mol. The molecule has 11 heavy (non-hydrogen) atoms. The van der Waals surface area contributed by atoms with Crippen LogP contribution < -0.4 is 0 Å². The van der Waals surface area contributed by atoms with Crippen molar-refractivity contribution in [2.75, 3.05) is 6.61 Å². The van der Waals surface area contributed by atoms with Gasteiger partial charge >= 0.3 is 0 Å². The molecule has 0 radical (unpaired) electrons. The average molecular weight is 152 g/mol. The number of epoxide rings is 1. The highest BCUT2D eigenvalue weighted by molar-refractivity contribution is 5.27. The molecule has 1 unspecified atom stereocenters. The maximum atomic E-state index is 12.7. The minimum Gasteiger partial charge on any atom is -0.368 e. The molecule has 1 nitrogen and oxygen atoms in total. The molecule has 1 aromatic carbocycles. The Morgan fingerprint density at radius 1 is 1.55 bits per heavy atom. The monoisotopic (exact) mass is 152 g/mol. The van der Waals surface area contributed by atoms with Gasteiger partial charge in [0.05, 0.1) is 6.61 Å². The summed E-state index contributed by atoms with van der Waals surface area (Å²) < 4.78 is 17.8. The van der Waals surface area contributed by atoms with Gasteiger partial charge in [0.25, 0.3) is 0 Å². The molecule has 0 amide bonds. The first-order valence-corrected chi connectivity index (χ1v) is 3.65. The van der Waals surface area contributed by atoms with Crippen molar-refractivity contribution in [2.45, 2.75) is 13.0 Å². The summed E-state index contributed by atoms with van der Waals surface area (Å²) in [6, 6.07) is 5.11. The lowest BCUT2D eigenvalue weighted by Gasteiger charge is -1.98. The van der Waals surface area contributed by atoms with E-state index in [4.69, 9.17) is 4.74 Å². The van der Waals surface area contributed by atoms with E-state index in [0.717, 1.165) is 12.2 Å². The Hall–Kier alpha value is -0.890. The van der Waals surface area contributed by atoms with Crippen LogP contribution in [0.4, 0.5) is 4.39 Å². The zero-order valence-electron chi connectivity index (χ0n) is 6.30. The van der Waals surface area contributed by atoms with Crippen molar-refractivity contribution in [3.05, 3.63) is 35.1 Å². The largest absolute Gasteiger partial charge is 0.368 e. The second-order valence-electron chi connectivity index (χ2n) is 2.83. The van der Waals surface area contributed by atoms with E-state index in [0.29, 0.717) is 5.56 Å². The molecule has 1 aliphatic heterocycles. The molecule has 0 aromatic heterocycles. The molecule has 0 N–H and O–H groups in total. The Bertz CT molecular complexity index is 279. The van der Waals surface area contributed by atoms with Gasteiger partial charge in [0.1, 0.15) is 11.9 Å². The Morgan fingerprint density at radius 2 is 2.27 bits per heavy atom. The molecule has 1 atom stereocenters. The van der Waals surface area contributed by atoms with E-state index >= 15 is 0 Å². The molecular formula is C9H9FO. The number of ether oxygens (including phenoxy) is 1. The molecule has 58 valence electrons. The Labute approximate surface area is 64.8 Å². The Kier molecular flexibility index (Phi) is 1.43. The lowest BCUT2D eigenvalue weighted by molar-refractivity contribution is 0.415. The highest BCUT2D eigenvalue weighted by Crippen LogP contribution is 2.30. The predicted octanol–water partition coefficient (Wildman–Crippen LogP) is 2.21. The van der Waals surface area contributed by atoms with Crippen LogP contribution in [0.3, 0.4) is 0 Å². The van der Waals surface area contributed by atoms with E-state index in [-0.39, 0.29) is 11.9 Å². The molecule has 1 aliphatic rings. The van der Waals surface area contributed by atoms with E-state index in [1.165, 1.54) is 6.07 Å². The van der Waals surface area contributed by atoms with Crippen LogP contribution in [0.25, 0.3) is 0 Å². The lowest BCUT2D eigenvalue weighted by atomic mass is 10.1. The van der Waals surface area contributed by atoms with Crippen LogP contribution in [-0.2, 0) is 4.74 Å². The maximum absolute atomic E-state index is 12.7. The molecule has 0 saturated carbocycles. The molecule has 1 saturated heterocycles. The van der Waals surface area contributed by atoms with Crippen LogP contribution in [0.5, 0.6) is 0 Å². The summed E-state index contributed by atoms with van der Waals surface area (Å²) in [6.07, 6.45) is 0.231. The summed E-state index contributed by atoms with van der Waals surface area (Å²) in [5.74, 6) is -0.144. The van der Waals surface area contributed by atoms with Gasteiger partial charge in [-0.1, -0.05) is 12.1 Å². The average Bonchev–Trinajstić information content (AvgIpc) is 2.77. The third-order valence-electron chi connectivity index (χ3n) is 1.89. The zero-order valence-corrected chi connectivity index (χ0v) is 6.30. The van der Waals surface area contributed by atoms with Gasteiger partial charge < -0.3 is 4.74 Å². The Morgan fingerprint density at radius 3 is 2.82 bits per heavy atom. The highest BCUT2D eigenvalue weighted by Gasteiger charge is 2.24. The standard InChI is InChI=1S/C9H9FO/c1-6-4-7(9-5-11-9)2-3-8(6)10/h2-4,9H,5H2,1H3. The third kappa shape index (κ3) is 1.26. The van der Waals surface area contributed by atoms with Gasteiger partial charge in [-0.25, -0.2) is 4.39 Å². The SMILES string of the molecule is Cc1cc(C2CO2)ccc1F. The summed E-state index contributed by atoms with van der Waals surface area (Å²) in [5, 5.41) is 0. The molecule has 0 bridgehead atoms. The zero-order chi connectivity index (χ0) is 7.84. The van der Waals surface area contributed by atoms with E-state index < -0.39 is 0 Å². The molecule has 1 aromatic rings. The number of hydrogen-bond donors (Lipinski definition) is 0. The normalized spacial score (nSPS) is 21.8. The van der Waals surface area contributed by atoms with Crippen molar-refractivity contribution in [3.8, 4) is 0 Å². The topological polar surface area (TPSA) is 12.5 Å². The summed E-state index contributed by atoms with van der Waals surface area (Å²) in [5.41, 5.74) is 1.78. The van der Waals surface area contributed by atoms with Crippen LogP contribution in [0.15, 0.2) is 18.2 Å². The van der Waals surface area contributed by atoms with Gasteiger partial charge in [-0.15, -0.1) is 0 Å². The molecule has 2 rings (SSSR count). The summed E-state index contributed by atoms with van der Waals surface area (Å²) in [4.78, 5) is 0. The number of halogens is 1. The molecule has 1 heterocycles. The fraction of sp³-hybridized carbons (Fsp3) is 0.333. The number of rotatable bonds is 1. The minimum absolute atomic E-state index is 0.144. The Balaban J connectivity index is 2.36. The minimum atomic E-state index is -0.144. The summed E-state index contributed by atoms with van der Waals surface area (Å²) >= 11 is 0. The van der Waals surface area contributed by atoms with Crippen LogP contribution >= 0.6 is 0 Å². The van der Waals surface area contributed by atoms with Gasteiger partial charge in [-0.3, -0.25) is 0 Å². The van der Waals surface area contributed by atoms with Gasteiger partial charge in [-0.05, 0) is 24.1 Å². The lowest BCUT2D eigenvalue weighted by Crippen LogP contribution is -1.85. The first kappa shape index (κ1) is 6.80.